The Bertz CT molecular complexity index is 1420. The van der Waals surface area contributed by atoms with Gasteiger partial charge in [-0.1, -0.05) is 54.9 Å². The summed E-state index contributed by atoms with van der Waals surface area (Å²) in [5, 5.41) is 8.42. The first-order valence-corrected chi connectivity index (χ1v) is 10.9. The fourth-order valence-electron chi connectivity index (χ4n) is 3.59. The van der Waals surface area contributed by atoms with Gasteiger partial charge < -0.3 is 10.5 Å². The molecule has 7 nitrogen and oxygen atoms in total. The predicted octanol–water partition coefficient (Wildman–Crippen LogP) is 5.46. The molecule has 0 radical (unpaired) electrons. The highest BCUT2D eigenvalue weighted by molar-refractivity contribution is 6.35. The lowest BCUT2D eigenvalue weighted by atomic mass is 10.0. The van der Waals surface area contributed by atoms with Crippen molar-refractivity contribution in [3.63, 3.8) is 0 Å². The van der Waals surface area contributed by atoms with Crippen molar-refractivity contribution < 1.29 is 4.74 Å². The number of halogens is 1. The lowest BCUT2D eigenvalue weighted by molar-refractivity contribution is 0.294. The van der Waals surface area contributed by atoms with E-state index in [9.17, 15) is 0 Å². The Balaban J connectivity index is 1.58. The fourth-order valence-corrected chi connectivity index (χ4v) is 3.86. The molecular formula is C25H21ClN6O. The van der Waals surface area contributed by atoms with Crippen LogP contribution in [0.5, 0.6) is 5.88 Å². The normalized spacial score (nSPS) is 11.1. The van der Waals surface area contributed by atoms with E-state index in [-0.39, 0.29) is 18.3 Å². The summed E-state index contributed by atoms with van der Waals surface area (Å²) in [4.78, 5) is 13.9. The van der Waals surface area contributed by atoms with E-state index in [1.807, 2.05) is 54.6 Å². The average Bonchev–Trinajstić information content (AvgIpc) is 3.33. The molecule has 0 aliphatic carbocycles. The maximum absolute atomic E-state index is 6.51. The number of pyridine rings is 1. The van der Waals surface area contributed by atoms with Gasteiger partial charge in [0.25, 0.3) is 5.88 Å². The van der Waals surface area contributed by atoms with E-state index >= 15 is 0 Å². The van der Waals surface area contributed by atoms with Crippen LogP contribution < -0.4 is 10.5 Å². The average molecular weight is 457 g/mol. The van der Waals surface area contributed by atoms with Gasteiger partial charge >= 0.3 is 0 Å². The standard InChI is InChI=1S/C25H21ClN6O/c1-2-19-9-8-15(12-28-19)14-33-25-24(27)30-22(16-6-4-3-5-7-16)23(31-25)17-10-18-13-29-32-21(18)20(26)11-17/h3-13H,2,14H2,1H3,(H2,27,30)(H,29,32). The molecule has 3 heterocycles. The van der Waals surface area contributed by atoms with Crippen molar-refractivity contribution in [1.82, 2.24) is 25.1 Å². The summed E-state index contributed by atoms with van der Waals surface area (Å²) in [6, 6.07) is 17.5. The first kappa shape index (κ1) is 20.9. The first-order valence-electron chi connectivity index (χ1n) is 10.5. The van der Waals surface area contributed by atoms with E-state index in [0.717, 1.165) is 39.7 Å². The molecule has 0 unspecified atom stereocenters. The lowest BCUT2D eigenvalue weighted by Crippen LogP contribution is -2.06. The number of aromatic amines is 1. The molecule has 33 heavy (non-hydrogen) atoms. The predicted molar refractivity (Wildman–Crippen MR) is 130 cm³/mol. The number of benzene rings is 2. The summed E-state index contributed by atoms with van der Waals surface area (Å²) < 4.78 is 5.96. The Labute approximate surface area is 195 Å². The highest BCUT2D eigenvalue weighted by Crippen LogP contribution is 2.36. The molecule has 164 valence electrons. The zero-order chi connectivity index (χ0) is 22.8. The molecular weight excluding hydrogens is 436 g/mol. The number of ether oxygens (including phenoxy) is 1. The molecule has 8 heteroatoms. The molecule has 0 atom stereocenters. The number of fused-ring (bicyclic) bond motifs is 1. The van der Waals surface area contributed by atoms with Gasteiger partial charge in [0, 0.05) is 34.0 Å². The van der Waals surface area contributed by atoms with Crippen LogP contribution in [0, 0.1) is 0 Å². The number of hydrogen-bond acceptors (Lipinski definition) is 6. The number of nitrogens with zero attached hydrogens (tertiary/aromatic N) is 4. The fraction of sp³-hybridized carbons (Fsp3) is 0.120. The van der Waals surface area contributed by atoms with Crippen LogP contribution in [0.4, 0.5) is 5.82 Å². The quantitative estimate of drug-likeness (QED) is 0.351. The summed E-state index contributed by atoms with van der Waals surface area (Å²) in [7, 11) is 0. The van der Waals surface area contributed by atoms with E-state index in [0.29, 0.717) is 16.4 Å². The van der Waals surface area contributed by atoms with E-state index in [1.165, 1.54) is 0 Å². The highest BCUT2D eigenvalue weighted by atomic mass is 35.5. The summed E-state index contributed by atoms with van der Waals surface area (Å²) in [5.74, 6) is 0.471. The van der Waals surface area contributed by atoms with Gasteiger partial charge in [-0.05, 0) is 24.6 Å². The van der Waals surface area contributed by atoms with Crippen molar-refractivity contribution in [1.29, 1.82) is 0 Å². The number of hydrogen-bond donors (Lipinski definition) is 2. The molecule has 0 saturated heterocycles. The number of nitrogens with two attached hydrogens (primary N) is 1. The van der Waals surface area contributed by atoms with Crippen LogP contribution in [0.1, 0.15) is 18.2 Å². The second kappa shape index (κ2) is 8.88. The van der Waals surface area contributed by atoms with Crippen LogP contribution >= 0.6 is 11.6 Å². The maximum Gasteiger partial charge on any atom is 0.258 e. The summed E-state index contributed by atoms with van der Waals surface area (Å²) in [6.45, 7) is 2.35. The monoisotopic (exact) mass is 456 g/mol. The Morgan fingerprint density at radius 2 is 1.79 bits per heavy atom. The van der Waals surface area contributed by atoms with Crippen LogP contribution in [0.3, 0.4) is 0 Å². The van der Waals surface area contributed by atoms with E-state index < -0.39 is 0 Å². The Morgan fingerprint density at radius 3 is 2.55 bits per heavy atom. The number of aryl methyl sites for hydroxylation is 1. The zero-order valence-electron chi connectivity index (χ0n) is 17.9. The molecule has 0 fully saturated rings. The number of H-pyrrole nitrogens is 1. The number of rotatable bonds is 6. The first-order chi connectivity index (χ1) is 16.1. The van der Waals surface area contributed by atoms with Crippen molar-refractivity contribution in [2.75, 3.05) is 5.73 Å². The van der Waals surface area contributed by atoms with Crippen LogP contribution in [0.2, 0.25) is 5.02 Å². The molecule has 2 aromatic carbocycles. The highest BCUT2D eigenvalue weighted by Gasteiger charge is 2.18. The zero-order valence-corrected chi connectivity index (χ0v) is 18.7. The Kier molecular flexibility index (Phi) is 5.62. The molecule has 0 aliphatic heterocycles. The summed E-state index contributed by atoms with van der Waals surface area (Å²) >= 11 is 6.51. The van der Waals surface area contributed by atoms with Gasteiger partial charge in [0.15, 0.2) is 5.82 Å². The van der Waals surface area contributed by atoms with Crippen LogP contribution in [-0.4, -0.2) is 25.1 Å². The van der Waals surface area contributed by atoms with Gasteiger partial charge in [-0.15, -0.1) is 0 Å². The van der Waals surface area contributed by atoms with Crippen LogP contribution in [-0.2, 0) is 13.0 Å². The third-order valence-electron chi connectivity index (χ3n) is 5.33. The molecule has 5 rings (SSSR count). The second-order valence-corrected chi connectivity index (χ2v) is 7.98. The van der Waals surface area contributed by atoms with Crippen LogP contribution in [0.25, 0.3) is 33.4 Å². The molecule has 3 N–H and O–H groups in total. The van der Waals surface area contributed by atoms with E-state index in [4.69, 9.17) is 27.1 Å². The minimum absolute atomic E-state index is 0.214. The molecule has 5 aromatic rings. The topological polar surface area (TPSA) is 103 Å². The smallest absolute Gasteiger partial charge is 0.258 e. The maximum atomic E-state index is 6.51. The molecule has 0 bridgehead atoms. The SMILES string of the molecule is CCc1ccc(COc2nc(-c3cc(Cl)c4[nH]ncc4c3)c(-c3ccccc3)nc2N)cn1. The Morgan fingerprint density at radius 1 is 0.970 bits per heavy atom. The third-order valence-corrected chi connectivity index (χ3v) is 5.63. The van der Waals surface area contributed by atoms with Gasteiger partial charge in [-0.3, -0.25) is 10.1 Å². The minimum atomic E-state index is 0.214. The van der Waals surface area contributed by atoms with Crippen molar-refractivity contribution in [2.45, 2.75) is 20.0 Å². The van der Waals surface area contributed by atoms with Gasteiger partial charge in [0.1, 0.15) is 12.3 Å². The Hall–Kier alpha value is -3.97. The molecule has 0 amide bonds. The van der Waals surface area contributed by atoms with Crippen molar-refractivity contribution in [3.05, 3.63) is 83.3 Å². The number of anilines is 1. The minimum Gasteiger partial charge on any atom is -0.470 e. The van der Waals surface area contributed by atoms with Crippen molar-refractivity contribution >= 4 is 28.3 Å². The van der Waals surface area contributed by atoms with E-state index in [2.05, 4.69) is 27.1 Å². The third kappa shape index (κ3) is 4.23. The number of aromatic nitrogens is 5. The van der Waals surface area contributed by atoms with E-state index in [1.54, 1.807) is 12.4 Å². The van der Waals surface area contributed by atoms with Gasteiger partial charge in [-0.2, -0.15) is 5.10 Å². The summed E-state index contributed by atoms with van der Waals surface area (Å²) in [6.07, 6.45) is 4.41. The lowest BCUT2D eigenvalue weighted by Gasteiger charge is -2.14. The van der Waals surface area contributed by atoms with Gasteiger partial charge in [0.05, 0.1) is 22.4 Å². The number of nitrogens with one attached hydrogen (secondary N) is 1. The molecule has 0 saturated carbocycles. The molecule has 0 aliphatic rings. The van der Waals surface area contributed by atoms with Gasteiger partial charge in [0.2, 0.25) is 0 Å². The molecule has 0 spiro atoms. The summed E-state index contributed by atoms with van der Waals surface area (Å²) in [5.41, 5.74) is 11.9. The largest absolute Gasteiger partial charge is 0.470 e. The van der Waals surface area contributed by atoms with Crippen LogP contribution in [0.15, 0.2) is 67.0 Å². The molecule has 3 aromatic heterocycles. The van der Waals surface area contributed by atoms with Crippen molar-refractivity contribution in [2.24, 2.45) is 0 Å². The second-order valence-electron chi connectivity index (χ2n) is 7.57. The number of nitrogen functional groups attached to an aromatic ring is 1. The van der Waals surface area contributed by atoms with Gasteiger partial charge in [-0.25, -0.2) is 9.97 Å². The van der Waals surface area contributed by atoms with Crippen molar-refractivity contribution in [3.8, 4) is 28.4 Å².